The standard InChI is InChI=1S/C9H11NO2/c1-6(11)8-2-7(5-10)3-9(12)4-8/h2-4,12H,5,10H2,1H3. The fourth-order valence-corrected chi connectivity index (χ4v) is 0.995. The molecule has 0 fully saturated rings. The Morgan fingerprint density at radius 1 is 1.50 bits per heavy atom. The molecule has 0 amide bonds. The summed E-state index contributed by atoms with van der Waals surface area (Å²) in [7, 11) is 0. The van der Waals surface area contributed by atoms with Crippen molar-refractivity contribution in [1.29, 1.82) is 0 Å². The summed E-state index contributed by atoms with van der Waals surface area (Å²) in [6, 6.07) is 4.66. The highest BCUT2D eigenvalue weighted by atomic mass is 16.3. The largest absolute Gasteiger partial charge is 0.508 e. The molecule has 64 valence electrons. The molecule has 0 saturated carbocycles. The first-order valence-corrected chi connectivity index (χ1v) is 3.67. The van der Waals surface area contributed by atoms with Crippen LogP contribution in [-0.4, -0.2) is 10.9 Å². The Labute approximate surface area is 70.8 Å². The third kappa shape index (κ3) is 1.83. The summed E-state index contributed by atoms with van der Waals surface area (Å²) in [5.74, 6) is 0.0174. The number of hydrogen-bond acceptors (Lipinski definition) is 3. The minimum atomic E-state index is -0.0689. The van der Waals surface area contributed by atoms with Gasteiger partial charge in [-0.15, -0.1) is 0 Å². The van der Waals surface area contributed by atoms with Crippen LogP contribution >= 0.6 is 0 Å². The van der Waals surface area contributed by atoms with Gasteiger partial charge in [-0.3, -0.25) is 4.79 Å². The molecule has 0 radical (unpaired) electrons. The number of hydrogen-bond donors (Lipinski definition) is 2. The SMILES string of the molecule is CC(=O)c1cc(O)cc(CN)c1. The van der Waals surface area contributed by atoms with Crippen LogP contribution in [0.4, 0.5) is 0 Å². The van der Waals surface area contributed by atoms with E-state index in [1.54, 1.807) is 12.1 Å². The lowest BCUT2D eigenvalue weighted by molar-refractivity contribution is 0.101. The molecule has 0 heterocycles. The summed E-state index contributed by atoms with van der Waals surface area (Å²) >= 11 is 0. The van der Waals surface area contributed by atoms with E-state index >= 15 is 0 Å². The van der Waals surface area contributed by atoms with Crippen LogP contribution in [0.3, 0.4) is 0 Å². The predicted molar refractivity (Wildman–Crippen MR) is 46.0 cm³/mol. The topological polar surface area (TPSA) is 63.3 Å². The summed E-state index contributed by atoms with van der Waals surface area (Å²) in [5, 5.41) is 9.17. The Morgan fingerprint density at radius 3 is 2.67 bits per heavy atom. The average Bonchev–Trinajstić information content (AvgIpc) is 2.03. The summed E-state index contributed by atoms with van der Waals surface area (Å²) in [6.07, 6.45) is 0. The van der Waals surface area contributed by atoms with Crippen molar-refractivity contribution in [1.82, 2.24) is 0 Å². The highest BCUT2D eigenvalue weighted by molar-refractivity contribution is 5.94. The van der Waals surface area contributed by atoms with Crippen molar-refractivity contribution < 1.29 is 9.90 Å². The third-order valence-corrected chi connectivity index (χ3v) is 1.62. The van der Waals surface area contributed by atoms with Gasteiger partial charge in [0.25, 0.3) is 0 Å². The quantitative estimate of drug-likeness (QED) is 0.644. The zero-order valence-corrected chi connectivity index (χ0v) is 6.87. The van der Waals surface area contributed by atoms with Gasteiger partial charge in [-0.05, 0) is 30.7 Å². The highest BCUT2D eigenvalue weighted by Crippen LogP contribution is 2.15. The maximum atomic E-state index is 10.9. The molecule has 0 saturated heterocycles. The van der Waals surface area contributed by atoms with E-state index in [1.807, 2.05) is 0 Å². The monoisotopic (exact) mass is 165 g/mol. The van der Waals surface area contributed by atoms with Gasteiger partial charge in [0.05, 0.1) is 0 Å². The lowest BCUT2D eigenvalue weighted by Crippen LogP contribution is -1.99. The minimum absolute atomic E-state index is 0.0689. The van der Waals surface area contributed by atoms with Gasteiger partial charge >= 0.3 is 0 Å². The Hall–Kier alpha value is -1.35. The lowest BCUT2D eigenvalue weighted by atomic mass is 10.1. The number of benzene rings is 1. The Morgan fingerprint density at radius 2 is 2.17 bits per heavy atom. The second kappa shape index (κ2) is 3.36. The molecule has 0 bridgehead atoms. The molecule has 1 rings (SSSR count). The summed E-state index contributed by atoms with van der Waals surface area (Å²) in [4.78, 5) is 10.9. The number of rotatable bonds is 2. The van der Waals surface area contributed by atoms with E-state index in [0.29, 0.717) is 12.1 Å². The van der Waals surface area contributed by atoms with Gasteiger partial charge in [0.15, 0.2) is 5.78 Å². The molecule has 0 aliphatic carbocycles. The number of nitrogens with two attached hydrogens (primary N) is 1. The van der Waals surface area contributed by atoms with E-state index in [-0.39, 0.29) is 11.5 Å². The molecule has 12 heavy (non-hydrogen) atoms. The summed E-state index contributed by atoms with van der Waals surface area (Å²) < 4.78 is 0. The smallest absolute Gasteiger partial charge is 0.159 e. The molecule has 0 atom stereocenters. The number of ketones is 1. The van der Waals surface area contributed by atoms with Crippen LogP contribution in [-0.2, 0) is 6.54 Å². The van der Waals surface area contributed by atoms with E-state index < -0.39 is 0 Å². The number of phenols is 1. The minimum Gasteiger partial charge on any atom is -0.508 e. The summed E-state index contributed by atoms with van der Waals surface area (Å²) in [5.41, 5.74) is 6.63. The fourth-order valence-electron chi connectivity index (χ4n) is 0.995. The van der Waals surface area contributed by atoms with Gasteiger partial charge in [0, 0.05) is 12.1 Å². The van der Waals surface area contributed by atoms with E-state index in [4.69, 9.17) is 10.8 Å². The van der Waals surface area contributed by atoms with Crippen molar-refractivity contribution in [3.05, 3.63) is 29.3 Å². The van der Waals surface area contributed by atoms with E-state index in [2.05, 4.69) is 0 Å². The third-order valence-electron chi connectivity index (χ3n) is 1.62. The van der Waals surface area contributed by atoms with Crippen LogP contribution in [0, 0.1) is 0 Å². The molecule has 3 nitrogen and oxygen atoms in total. The number of aromatic hydroxyl groups is 1. The molecule has 0 unspecified atom stereocenters. The van der Waals surface area contributed by atoms with Crippen LogP contribution in [0.25, 0.3) is 0 Å². The van der Waals surface area contributed by atoms with Crippen LogP contribution in [0.2, 0.25) is 0 Å². The van der Waals surface area contributed by atoms with Crippen molar-refractivity contribution in [2.75, 3.05) is 0 Å². The van der Waals surface area contributed by atoms with Crippen LogP contribution in [0.1, 0.15) is 22.8 Å². The molecule has 1 aromatic carbocycles. The Bertz CT molecular complexity index is 307. The number of carbonyl (C=O) groups excluding carboxylic acids is 1. The van der Waals surface area contributed by atoms with Gasteiger partial charge < -0.3 is 10.8 Å². The van der Waals surface area contributed by atoms with Crippen molar-refractivity contribution in [2.45, 2.75) is 13.5 Å². The summed E-state index contributed by atoms with van der Waals surface area (Å²) in [6.45, 7) is 1.78. The average molecular weight is 165 g/mol. The van der Waals surface area contributed by atoms with Crippen LogP contribution in [0.5, 0.6) is 5.75 Å². The van der Waals surface area contributed by atoms with Crippen LogP contribution in [0.15, 0.2) is 18.2 Å². The second-order valence-corrected chi connectivity index (χ2v) is 2.65. The first-order valence-electron chi connectivity index (χ1n) is 3.67. The Balaban J connectivity index is 3.15. The van der Waals surface area contributed by atoms with E-state index in [0.717, 1.165) is 5.56 Å². The van der Waals surface area contributed by atoms with Crippen LogP contribution < -0.4 is 5.73 Å². The molecular formula is C9H11NO2. The molecule has 3 heteroatoms. The number of phenolic OH excluding ortho intramolecular Hbond substituents is 1. The van der Waals surface area contributed by atoms with Gasteiger partial charge in [-0.25, -0.2) is 0 Å². The van der Waals surface area contributed by atoms with E-state index in [1.165, 1.54) is 13.0 Å². The van der Waals surface area contributed by atoms with Crippen molar-refractivity contribution in [2.24, 2.45) is 5.73 Å². The fraction of sp³-hybridized carbons (Fsp3) is 0.222. The maximum Gasteiger partial charge on any atom is 0.159 e. The molecule has 1 aromatic rings. The van der Waals surface area contributed by atoms with Crippen molar-refractivity contribution >= 4 is 5.78 Å². The first-order chi connectivity index (χ1) is 5.63. The van der Waals surface area contributed by atoms with Crippen molar-refractivity contribution in [3.63, 3.8) is 0 Å². The molecule has 0 aliphatic rings. The molecule has 0 spiro atoms. The van der Waals surface area contributed by atoms with Gasteiger partial charge in [0.2, 0.25) is 0 Å². The zero-order valence-electron chi connectivity index (χ0n) is 6.87. The van der Waals surface area contributed by atoms with Gasteiger partial charge in [0.1, 0.15) is 5.75 Å². The first kappa shape index (κ1) is 8.74. The molecule has 0 aliphatic heterocycles. The zero-order chi connectivity index (χ0) is 9.14. The number of carbonyl (C=O) groups is 1. The second-order valence-electron chi connectivity index (χ2n) is 2.65. The highest BCUT2D eigenvalue weighted by Gasteiger charge is 2.02. The normalized spacial score (nSPS) is 9.83. The molecule has 0 aromatic heterocycles. The maximum absolute atomic E-state index is 10.9. The van der Waals surface area contributed by atoms with E-state index in [9.17, 15) is 4.79 Å². The van der Waals surface area contributed by atoms with Gasteiger partial charge in [-0.2, -0.15) is 0 Å². The predicted octanol–water partition coefficient (Wildman–Crippen LogP) is 1.05. The van der Waals surface area contributed by atoms with Gasteiger partial charge in [-0.1, -0.05) is 0 Å². The molecular weight excluding hydrogens is 154 g/mol. The Kier molecular flexibility index (Phi) is 2.45. The van der Waals surface area contributed by atoms with Crippen molar-refractivity contribution in [3.8, 4) is 5.75 Å². The number of Topliss-reactive ketones (excluding diaryl/α,β-unsaturated/α-hetero) is 1. The molecule has 3 N–H and O–H groups in total. The lowest BCUT2D eigenvalue weighted by Gasteiger charge is -2.01.